The fourth-order valence-electron chi connectivity index (χ4n) is 1.98. The van der Waals surface area contributed by atoms with Crippen LogP contribution in [-0.2, 0) is 21.3 Å². The van der Waals surface area contributed by atoms with Gasteiger partial charge in [0.25, 0.3) is 0 Å². The minimum Gasteiger partial charge on any atom is -0.380 e. The van der Waals surface area contributed by atoms with Gasteiger partial charge in [0.05, 0.1) is 11.6 Å². The average molecular weight is 305 g/mol. The number of sulfonamides is 1. The average Bonchev–Trinajstić information content (AvgIpc) is 2.68. The lowest BCUT2D eigenvalue weighted by molar-refractivity contribution is 0.148. The Hall–Kier alpha value is -0.660. The molecule has 1 aromatic rings. The lowest BCUT2D eigenvalue weighted by atomic mass is 10.2. The van der Waals surface area contributed by atoms with E-state index in [0.717, 1.165) is 5.56 Å². The molecule has 1 aliphatic rings. The molecule has 106 valence electrons. The summed E-state index contributed by atoms with van der Waals surface area (Å²) in [6, 6.07) is 4.85. The molecule has 5 nitrogen and oxygen atoms in total. The van der Waals surface area contributed by atoms with E-state index < -0.39 is 10.0 Å². The van der Waals surface area contributed by atoms with Gasteiger partial charge in [0.1, 0.15) is 4.90 Å². The summed E-state index contributed by atoms with van der Waals surface area (Å²) in [6.07, 6.45) is 0.688. The Morgan fingerprint density at radius 3 is 2.84 bits per heavy atom. The van der Waals surface area contributed by atoms with E-state index >= 15 is 0 Å². The summed E-state index contributed by atoms with van der Waals surface area (Å²) in [7, 11) is -3.58. The number of halogens is 1. The van der Waals surface area contributed by atoms with Crippen molar-refractivity contribution in [2.24, 2.45) is 5.73 Å². The van der Waals surface area contributed by atoms with Gasteiger partial charge in [-0.2, -0.15) is 4.31 Å². The van der Waals surface area contributed by atoms with Crippen LogP contribution in [0.4, 0.5) is 0 Å². The largest absolute Gasteiger partial charge is 0.380 e. The summed E-state index contributed by atoms with van der Waals surface area (Å²) in [6.45, 7) is 2.08. The third-order valence-corrected chi connectivity index (χ3v) is 5.41. The van der Waals surface area contributed by atoms with Crippen LogP contribution >= 0.6 is 11.6 Å². The zero-order valence-corrected chi connectivity index (χ0v) is 12.1. The van der Waals surface area contributed by atoms with Gasteiger partial charge in [-0.25, -0.2) is 8.42 Å². The first-order valence-corrected chi connectivity index (χ1v) is 7.94. The molecule has 0 amide bonds. The molecule has 0 bridgehead atoms. The number of ether oxygens (including phenoxy) is 1. The van der Waals surface area contributed by atoms with Crippen molar-refractivity contribution in [2.75, 3.05) is 26.3 Å². The highest BCUT2D eigenvalue weighted by Gasteiger charge is 2.27. The SMILES string of the molecule is NCc1ccc(Cl)c(S(=O)(=O)N2CCCOCC2)c1. The van der Waals surface area contributed by atoms with Crippen LogP contribution in [0.15, 0.2) is 23.1 Å². The molecule has 0 saturated carbocycles. The predicted molar refractivity (Wildman–Crippen MR) is 73.5 cm³/mol. The maximum atomic E-state index is 12.6. The lowest BCUT2D eigenvalue weighted by Crippen LogP contribution is -2.33. The third-order valence-electron chi connectivity index (χ3n) is 3.03. The number of nitrogens with two attached hydrogens (primary N) is 1. The fourth-order valence-corrected chi connectivity index (χ4v) is 3.96. The second-order valence-electron chi connectivity index (χ2n) is 4.34. The Morgan fingerprint density at radius 2 is 2.11 bits per heavy atom. The van der Waals surface area contributed by atoms with Crippen molar-refractivity contribution >= 4 is 21.6 Å². The van der Waals surface area contributed by atoms with Crippen LogP contribution in [0.25, 0.3) is 0 Å². The first-order chi connectivity index (χ1) is 9.05. The topological polar surface area (TPSA) is 72.6 Å². The summed E-state index contributed by atoms with van der Waals surface area (Å²) in [4.78, 5) is 0.124. The molecule has 1 aliphatic heterocycles. The van der Waals surface area contributed by atoms with Crippen molar-refractivity contribution < 1.29 is 13.2 Å². The van der Waals surface area contributed by atoms with E-state index in [1.807, 2.05) is 0 Å². The molecule has 1 aromatic carbocycles. The Labute approximate surface area is 118 Å². The second kappa shape index (κ2) is 6.19. The molecule has 0 atom stereocenters. The minimum absolute atomic E-state index is 0.124. The number of hydrogen-bond donors (Lipinski definition) is 1. The Kier molecular flexibility index (Phi) is 4.81. The van der Waals surface area contributed by atoms with Gasteiger partial charge >= 0.3 is 0 Å². The van der Waals surface area contributed by atoms with Crippen LogP contribution in [0.5, 0.6) is 0 Å². The highest BCUT2D eigenvalue weighted by Crippen LogP contribution is 2.26. The summed E-state index contributed by atoms with van der Waals surface area (Å²) in [5.74, 6) is 0. The first-order valence-electron chi connectivity index (χ1n) is 6.12. The molecule has 0 spiro atoms. The van der Waals surface area contributed by atoms with Crippen molar-refractivity contribution in [3.8, 4) is 0 Å². The van der Waals surface area contributed by atoms with Crippen LogP contribution in [-0.4, -0.2) is 39.0 Å². The van der Waals surface area contributed by atoms with E-state index in [4.69, 9.17) is 22.1 Å². The number of benzene rings is 1. The van der Waals surface area contributed by atoms with Crippen molar-refractivity contribution in [1.29, 1.82) is 0 Å². The highest BCUT2D eigenvalue weighted by atomic mass is 35.5. The zero-order valence-electron chi connectivity index (χ0n) is 10.5. The van der Waals surface area contributed by atoms with E-state index in [1.165, 1.54) is 4.31 Å². The van der Waals surface area contributed by atoms with Gasteiger partial charge in [-0.05, 0) is 24.1 Å². The normalized spacial score (nSPS) is 18.2. The molecule has 1 heterocycles. The van der Waals surface area contributed by atoms with E-state index in [-0.39, 0.29) is 16.5 Å². The summed E-state index contributed by atoms with van der Waals surface area (Å²) in [5.41, 5.74) is 6.29. The van der Waals surface area contributed by atoms with E-state index in [1.54, 1.807) is 18.2 Å². The molecule has 0 unspecified atom stereocenters. The second-order valence-corrected chi connectivity index (χ2v) is 6.65. The van der Waals surface area contributed by atoms with Crippen LogP contribution in [0.3, 0.4) is 0 Å². The van der Waals surface area contributed by atoms with Gasteiger partial charge in [-0.1, -0.05) is 17.7 Å². The fraction of sp³-hybridized carbons (Fsp3) is 0.500. The molecule has 7 heteroatoms. The molecule has 0 aliphatic carbocycles. The smallest absolute Gasteiger partial charge is 0.244 e. The van der Waals surface area contributed by atoms with Crippen LogP contribution < -0.4 is 5.73 Å². The third kappa shape index (κ3) is 3.27. The van der Waals surface area contributed by atoms with Crippen LogP contribution in [0.1, 0.15) is 12.0 Å². The number of nitrogens with zero attached hydrogens (tertiary/aromatic N) is 1. The molecule has 2 rings (SSSR count). The highest BCUT2D eigenvalue weighted by molar-refractivity contribution is 7.89. The minimum atomic E-state index is -3.58. The van der Waals surface area contributed by atoms with Gasteiger partial charge in [0, 0.05) is 26.2 Å². The maximum Gasteiger partial charge on any atom is 0.244 e. The van der Waals surface area contributed by atoms with E-state index in [0.29, 0.717) is 32.7 Å². The van der Waals surface area contributed by atoms with Crippen molar-refractivity contribution in [3.63, 3.8) is 0 Å². The van der Waals surface area contributed by atoms with Gasteiger partial charge in [0.15, 0.2) is 0 Å². The number of rotatable bonds is 3. The monoisotopic (exact) mass is 304 g/mol. The summed E-state index contributed by atoms with van der Waals surface area (Å²) in [5, 5.41) is 0.224. The summed E-state index contributed by atoms with van der Waals surface area (Å²) < 4.78 is 31.8. The Bertz CT molecular complexity index is 540. The molecule has 1 saturated heterocycles. The van der Waals surface area contributed by atoms with E-state index in [2.05, 4.69) is 0 Å². The maximum absolute atomic E-state index is 12.6. The molecule has 0 aromatic heterocycles. The Balaban J connectivity index is 2.37. The molecule has 0 radical (unpaired) electrons. The van der Waals surface area contributed by atoms with Gasteiger partial charge in [-0.3, -0.25) is 0 Å². The molecule has 1 fully saturated rings. The standard InChI is InChI=1S/C12H17ClN2O3S/c13-11-3-2-10(9-14)8-12(11)19(16,17)15-4-1-6-18-7-5-15/h2-3,8H,1,4-7,9,14H2. The zero-order chi connectivity index (χ0) is 13.9. The molecule has 2 N–H and O–H groups in total. The quantitative estimate of drug-likeness (QED) is 0.911. The first kappa shape index (κ1) is 14.7. The van der Waals surface area contributed by atoms with E-state index in [9.17, 15) is 8.42 Å². The number of hydrogen-bond acceptors (Lipinski definition) is 4. The molecular weight excluding hydrogens is 288 g/mol. The van der Waals surface area contributed by atoms with Crippen molar-refractivity contribution in [1.82, 2.24) is 4.31 Å². The van der Waals surface area contributed by atoms with Crippen molar-refractivity contribution in [3.05, 3.63) is 28.8 Å². The van der Waals surface area contributed by atoms with Crippen LogP contribution in [0, 0.1) is 0 Å². The van der Waals surface area contributed by atoms with Gasteiger partial charge in [-0.15, -0.1) is 0 Å². The summed E-state index contributed by atoms with van der Waals surface area (Å²) >= 11 is 6.02. The predicted octanol–water partition coefficient (Wildman–Crippen LogP) is 1.21. The Morgan fingerprint density at radius 1 is 1.32 bits per heavy atom. The molecule has 19 heavy (non-hydrogen) atoms. The van der Waals surface area contributed by atoms with Gasteiger partial charge in [0.2, 0.25) is 10.0 Å². The molecular formula is C12H17ClN2O3S. The van der Waals surface area contributed by atoms with Gasteiger partial charge < -0.3 is 10.5 Å². The lowest BCUT2D eigenvalue weighted by Gasteiger charge is -2.20. The van der Waals surface area contributed by atoms with Crippen molar-refractivity contribution in [2.45, 2.75) is 17.9 Å². The van der Waals surface area contributed by atoms with Crippen LogP contribution in [0.2, 0.25) is 5.02 Å².